The Morgan fingerprint density at radius 1 is 0.493 bits per heavy atom. The number of nitrogens with one attached hydrogen (secondary N) is 1. The van der Waals surface area contributed by atoms with Crippen molar-refractivity contribution in [2.45, 2.75) is 314 Å². The van der Waals surface area contributed by atoms with Crippen LogP contribution in [0, 0.1) is 0 Å². The first-order valence-electron chi connectivity index (χ1n) is 31.1. The van der Waals surface area contributed by atoms with Gasteiger partial charge in [-0.25, -0.2) is 0 Å². The van der Waals surface area contributed by atoms with Gasteiger partial charge in [-0.05, 0) is 89.9 Å². The molecule has 1 rings (SSSR count). The molecule has 1 saturated heterocycles. The third kappa shape index (κ3) is 43.0. The lowest BCUT2D eigenvalue weighted by molar-refractivity contribution is -0.302. The molecule has 7 atom stereocenters. The lowest BCUT2D eigenvalue weighted by Crippen LogP contribution is -2.60. The number of aliphatic hydroxyl groups is 5. The topological polar surface area (TPSA) is 175 Å². The Kier molecular flexibility index (Phi) is 50.1. The van der Waals surface area contributed by atoms with E-state index < -0.39 is 49.5 Å². The van der Waals surface area contributed by atoms with E-state index in [0.29, 0.717) is 19.4 Å². The van der Waals surface area contributed by atoms with Crippen LogP contribution in [0.15, 0.2) is 60.8 Å². The molecule has 0 radical (unpaired) electrons. The van der Waals surface area contributed by atoms with Crippen LogP contribution >= 0.6 is 0 Å². The molecule has 7 unspecified atom stereocenters. The van der Waals surface area contributed by atoms with Gasteiger partial charge < -0.3 is 45.1 Å². The molecular weight excluding hydrogens is 943 g/mol. The average Bonchev–Trinajstić information content (AvgIpc) is 3.41. The molecule has 0 spiro atoms. The van der Waals surface area contributed by atoms with Crippen LogP contribution in [0.4, 0.5) is 0 Å². The van der Waals surface area contributed by atoms with Crippen molar-refractivity contribution in [2.24, 2.45) is 0 Å². The SMILES string of the molecule is CCCC/C=C\C/C=C\CCCCCCCC(=O)OCCCCCCCCCCC/C=C\C/C=C\CCCCCCCCCC(=O)NC(COC1OC(CO)C(O)C(O)C1O)C(O)/C=C/CCCCCCCCCC. The number of rotatable bonds is 53. The number of hydrogen-bond acceptors (Lipinski definition) is 10. The first-order chi connectivity index (χ1) is 36.7. The smallest absolute Gasteiger partial charge is 0.305 e. The maximum absolute atomic E-state index is 13.0. The van der Waals surface area contributed by atoms with Crippen LogP contribution in [0.3, 0.4) is 0 Å². The molecule has 0 aromatic heterocycles. The summed E-state index contributed by atoms with van der Waals surface area (Å²) in [7, 11) is 0. The van der Waals surface area contributed by atoms with E-state index in [1.54, 1.807) is 6.08 Å². The molecule has 11 nitrogen and oxygen atoms in total. The molecule has 436 valence electrons. The molecule has 75 heavy (non-hydrogen) atoms. The molecule has 11 heteroatoms. The second-order valence-corrected chi connectivity index (χ2v) is 21.4. The van der Waals surface area contributed by atoms with Crippen molar-refractivity contribution < 1.29 is 49.3 Å². The molecule has 1 heterocycles. The Bertz CT molecular complexity index is 1430. The number of unbranched alkanes of at least 4 members (excludes halogenated alkanes) is 31. The first-order valence-corrected chi connectivity index (χ1v) is 31.1. The van der Waals surface area contributed by atoms with Crippen molar-refractivity contribution >= 4 is 11.9 Å². The summed E-state index contributed by atoms with van der Waals surface area (Å²) in [4.78, 5) is 25.1. The fourth-order valence-corrected chi connectivity index (χ4v) is 9.36. The Labute approximate surface area is 458 Å². The van der Waals surface area contributed by atoms with Crippen LogP contribution in [0.25, 0.3) is 0 Å². The highest BCUT2D eigenvalue weighted by molar-refractivity contribution is 5.76. The van der Waals surface area contributed by atoms with Crippen LogP contribution in [-0.2, 0) is 23.8 Å². The maximum atomic E-state index is 13.0. The van der Waals surface area contributed by atoms with E-state index in [-0.39, 0.29) is 18.5 Å². The van der Waals surface area contributed by atoms with Crippen LogP contribution in [0.2, 0.25) is 0 Å². The zero-order chi connectivity index (χ0) is 54.5. The lowest BCUT2D eigenvalue weighted by atomic mass is 9.99. The van der Waals surface area contributed by atoms with E-state index in [1.807, 2.05) is 6.08 Å². The van der Waals surface area contributed by atoms with Gasteiger partial charge in [-0.15, -0.1) is 0 Å². The van der Waals surface area contributed by atoms with E-state index in [1.165, 1.54) is 141 Å². The average molecular weight is 1060 g/mol. The predicted molar refractivity (Wildman–Crippen MR) is 310 cm³/mol. The summed E-state index contributed by atoms with van der Waals surface area (Å²) in [5.74, 6) is -0.215. The first kappa shape index (κ1) is 70.4. The van der Waals surface area contributed by atoms with Crippen molar-refractivity contribution in [3.63, 3.8) is 0 Å². The van der Waals surface area contributed by atoms with Crippen LogP contribution in [0.5, 0.6) is 0 Å². The molecular formula is C64H115NO10. The second kappa shape index (κ2) is 53.4. The molecule has 0 saturated carbocycles. The number of allylic oxidation sites excluding steroid dienone is 9. The van der Waals surface area contributed by atoms with Gasteiger partial charge in [-0.1, -0.05) is 229 Å². The Balaban J connectivity index is 2.04. The molecule has 1 aliphatic rings. The molecule has 6 N–H and O–H groups in total. The molecule has 0 bridgehead atoms. The molecule has 0 aromatic rings. The van der Waals surface area contributed by atoms with Crippen molar-refractivity contribution in [2.75, 3.05) is 19.8 Å². The van der Waals surface area contributed by atoms with Gasteiger partial charge in [0.05, 0.1) is 32.0 Å². The number of carbonyl (C=O) groups is 2. The number of ether oxygens (including phenoxy) is 3. The van der Waals surface area contributed by atoms with Gasteiger partial charge in [0.2, 0.25) is 5.91 Å². The summed E-state index contributed by atoms with van der Waals surface area (Å²) in [6, 6.07) is -0.818. The summed E-state index contributed by atoms with van der Waals surface area (Å²) in [6.45, 7) is 4.26. The lowest BCUT2D eigenvalue weighted by Gasteiger charge is -2.40. The molecule has 1 fully saturated rings. The van der Waals surface area contributed by atoms with Gasteiger partial charge in [0.25, 0.3) is 0 Å². The van der Waals surface area contributed by atoms with Gasteiger partial charge in [-0.3, -0.25) is 9.59 Å². The van der Waals surface area contributed by atoms with E-state index in [2.05, 4.69) is 67.8 Å². The Morgan fingerprint density at radius 3 is 1.39 bits per heavy atom. The third-order valence-electron chi connectivity index (χ3n) is 14.3. The maximum Gasteiger partial charge on any atom is 0.305 e. The minimum absolute atomic E-state index is 0.0201. The van der Waals surface area contributed by atoms with Crippen molar-refractivity contribution in [3.8, 4) is 0 Å². The van der Waals surface area contributed by atoms with Crippen molar-refractivity contribution in [1.29, 1.82) is 0 Å². The van der Waals surface area contributed by atoms with Crippen LogP contribution < -0.4 is 5.32 Å². The van der Waals surface area contributed by atoms with Crippen molar-refractivity contribution in [3.05, 3.63) is 60.8 Å². The minimum Gasteiger partial charge on any atom is -0.466 e. The Morgan fingerprint density at radius 2 is 0.907 bits per heavy atom. The highest BCUT2D eigenvalue weighted by Gasteiger charge is 2.44. The van der Waals surface area contributed by atoms with Crippen LogP contribution in [-0.4, -0.2) is 100 Å². The molecule has 1 amide bonds. The van der Waals surface area contributed by atoms with E-state index in [9.17, 15) is 35.1 Å². The van der Waals surface area contributed by atoms with Gasteiger partial charge in [0.1, 0.15) is 24.4 Å². The van der Waals surface area contributed by atoms with Crippen LogP contribution in [0.1, 0.15) is 271 Å². The molecule has 1 aliphatic heterocycles. The van der Waals surface area contributed by atoms with Gasteiger partial charge in [-0.2, -0.15) is 0 Å². The number of amides is 1. The quantitative estimate of drug-likeness (QED) is 0.0195. The zero-order valence-electron chi connectivity index (χ0n) is 48.0. The number of hydrogen-bond donors (Lipinski definition) is 6. The summed E-state index contributed by atoms with van der Waals surface area (Å²) < 4.78 is 16.7. The normalized spacial score (nSPS) is 19.2. The highest BCUT2D eigenvalue weighted by Crippen LogP contribution is 2.23. The Hall–Kier alpha value is -2.64. The second-order valence-electron chi connectivity index (χ2n) is 21.4. The fraction of sp³-hybridized carbons (Fsp3) is 0.812. The third-order valence-corrected chi connectivity index (χ3v) is 14.3. The number of esters is 1. The van der Waals surface area contributed by atoms with E-state index in [0.717, 1.165) is 103 Å². The van der Waals surface area contributed by atoms with Gasteiger partial charge in [0, 0.05) is 12.8 Å². The standard InChI is InChI=1S/C64H115NO10/c1-3-5-7-9-11-13-15-16-29-32-36-40-44-48-52-60(69)73-53-49-45-41-37-33-30-27-25-23-21-19-17-18-20-22-24-26-28-31-35-39-43-47-51-59(68)65-56(55-74-64-63(72)62(71)61(70)58(54-66)75-64)57(67)50-46-42-38-34-14-12-10-8-6-4-2/h9,11,15-17,19-20,22,46,50,56-58,61-64,66-67,70-72H,3-8,10,12-14,18,21,23-45,47-49,51-55H2,1-2H3,(H,65,68)/b11-9-,16-15-,19-17-,22-20-,50-46+. The molecule has 0 aromatic carbocycles. The summed E-state index contributed by atoms with van der Waals surface area (Å²) in [5, 5.41) is 54.3. The monoisotopic (exact) mass is 1060 g/mol. The fourth-order valence-electron chi connectivity index (χ4n) is 9.36. The van der Waals surface area contributed by atoms with Gasteiger partial charge >= 0.3 is 5.97 Å². The minimum atomic E-state index is -1.57. The largest absolute Gasteiger partial charge is 0.466 e. The van der Waals surface area contributed by atoms with E-state index >= 15 is 0 Å². The molecule has 0 aliphatic carbocycles. The number of aliphatic hydroxyl groups excluding tert-OH is 5. The van der Waals surface area contributed by atoms with Crippen molar-refractivity contribution in [1.82, 2.24) is 5.32 Å². The summed E-state index contributed by atoms with van der Waals surface area (Å²) in [6.07, 6.45) is 58.9. The summed E-state index contributed by atoms with van der Waals surface area (Å²) in [5.41, 5.74) is 0. The van der Waals surface area contributed by atoms with Gasteiger partial charge in [0.15, 0.2) is 6.29 Å². The number of carbonyl (C=O) groups excluding carboxylic acids is 2. The summed E-state index contributed by atoms with van der Waals surface area (Å²) >= 11 is 0. The predicted octanol–water partition coefficient (Wildman–Crippen LogP) is 14.6. The highest BCUT2D eigenvalue weighted by atomic mass is 16.7. The van der Waals surface area contributed by atoms with E-state index in [4.69, 9.17) is 14.2 Å². The zero-order valence-corrected chi connectivity index (χ0v) is 48.0.